The quantitative estimate of drug-likeness (QED) is 0.251. The number of rotatable bonds is 6. The first-order chi connectivity index (χ1) is 28.2. The predicted octanol–water partition coefficient (Wildman–Crippen LogP) is 12.8. The van der Waals surface area contributed by atoms with Gasteiger partial charge in [0.05, 0.1) is 30.7 Å². The Balaban J connectivity index is 0.846. The van der Waals surface area contributed by atoms with Crippen LogP contribution >= 0.6 is 0 Å². The zero-order chi connectivity index (χ0) is 37.7. The van der Waals surface area contributed by atoms with E-state index in [2.05, 4.69) is 16.0 Å². The molecule has 0 spiro atoms. The summed E-state index contributed by atoms with van der Waals surface area (Å²) in [4.78, 5) is 0. The zero-order valence-corrected chi connectivity index (χ0v) is 36.8. The fraction of sp³-hybridized carbons (Fsp3) is 1.00. The number of hydrogen-bond donors (Lipinski definition) is 3. The van der Waals surface area contributed by atoms with E-state index < -0.39 is 0 Å². The minimum atomic E-state index is 0.460. The molecule has 2 saturated heterocycles. The van der Waals surface area contributed by atoms with Gasteiger partial charge in [-0.15, -0.1) is 0 Å². The van der Waals surface area contributed by atoms with Gasteiger partial charge >= 0.3 is 0 Å². The lowest BCUT2D eigenvalue weighted by atomic mass is 9.57. The number of nitrogens with one attached hydrogen (secondary N) is 3. The summed E-state index contributed by atoms with van der Waals surface area (Å²) in [6.45, 7) is 0. The monoisotopic (exact) mass is 784 g/mol. The summed E-state index contributed by atoms with van der Waals surface area (Å²) >= 11 is 0. The SMILES string of the molecule is C1CCC(C2CCC3CC(C4NC(C5CCCC(C6CCCCC6)C5)NC(C5CCC(C6CCCCC6)C6OC7CC8CCCCC8CC7C56)N4)CCC3C2)CC1. The molecule has 0 aromatic heterocycles. The van der Waals surface area contributed by atoms with Gasteiger partial charge in [-0.1, -0.05) is 135 Å². The molecule has 57 heavy (non-hydrogen) atoms. The Morgan fingerprint density at radius 1 is 0.263 bits per heavy atom. The number of ether oxygens (including phenoxy) is 1. The van der Waals surface area contributed by atoms with E-state index >= 15 is 0 Å². The van der Waals surface area contributed by atoms with Gasteiger partial charge in [0.15, 0.2) is 0 Å². The van der Waals surface area contributed by atoms with Crippen molar-refractivity contribution < 1.29 is 4.74 Å². The van der Waals surface area contributed by atoms with Crippen LogP contribution in [-0.2, 0) is 4.74 Å². The van der Waals surface area contributed by atoms with E-state index in [1.165, 1.54) is 180 Å². The molecule has 11 fully saturated rings. The second kappa shape index (κ2) is 17.9. The van der Waals surface area contributed by atoms with Crippen LogP contribution < -0.4 is 16.0 Å². The first kappa shape index (κ1) is 39.7. The second-order valence-electron chi connectivity index (χ2n) is 24.0. The van der Waals surface area contributed by atoms with Crippen molar-refractivity contribution in [2.45, 2.75) is 243 Å². The fourth-order valence-corrected chi connectivity index (χ4v) is 18.5. The largest absolute Gasteiger partial charge is 0.374 e. The summed E-state index contributed by atoms with van der Waals surface area (Å²) in [5.74, 6) is 13.8. The average Bonchev–Trinajstić information content (AvgIpc) is 3.66. The van der Waals surface area contributed by atoms with E-state index in [0.29, 0.717) is 30.7 Å². The van der Waals surface area contributed by atoms with Crippen molar-refractivity contribution >= 4 is 0 Å². The van der Waals surface area contributed by atoms with Crippen LogP contribution in [0.15, 0.2) is 0 Å². The van der Waals surface area contributed by atoms with Crippen molar-refractivity contribution in [2.75, 3.05) is 0 Å². The summed E-state index contributed by atoms with van der Waals surface area (Å²) in [7, 11) is 0. The summed E-state index contributed by atoms with van der Waals surface area (Å²) in [6, 6.07) is 0. The van der Waals surface area contributed by atoms with Crippen molar-refractivity contribution in [3.8, 4) is 0 Å². The molecule has 11 aliphatic rings. The van der Waals surface area contributed by atoms with E-state index in [1.54, 1.807) is 32.1 Å². The molecule has 9 saturated carbocycles. The summed E-state index contributed by atoms with van der Waals surface area (Å²) in [5, 5.41) is 13.6. The van der Waals surface area contributed by atoms with Gasteiger partial charge in [0.1, 0.15) is 0 Å². The molecular weight excluding hydrogens is 695 g/mol. The van der Waals surface area contributed by atoms with Crippen LogP contribution in [0.5, 0.6) is 0 Å². The molecule has 0 radical (unpaired) electrons. The summed E-state index contributed by atoms with van der Waals surface area (Å²) in [6.07, 6.45) is 52.1. The third kappa shape index (κ3) is 8.28. The molecule has 17 unspecified atom stereocenters. The van der Waals surface area contributed by atoms with Gasteiger partial charge in [-0.25, -0.2) is 0 Å². The topological polar surface area (TPSA) is 45.3 Å². The van der Waals surface area contributed by atoms with Gasteiger partial charge in [-0.05, 0) is 166 Å². The molecule has 0 amide bonds. The fourth-order valence-electron chi connectivity index (χ4n) is 18.5. The minimum absolute atomic E-state index is 0.460. The molecule has 0 bridgehead atoms. The highest BCUT2D eigenvalue weighted by atomic mass is 16.5. The third-order valence-corrected chi connectivity index (χ3v) is 21.4. The Morgan fingerprint density at radius 3 is 1.32 bits per heavy atom. The minimum Gasteiger partial charge on any atom is -0.374 e. The molecule has 9 aliphatic carbocycles. The smallest absolute Gasteiger partial charge is 0.0645 e. The van der Waals surface area contributed by atoms with Crippen LogP contribution in [0.4, 0.5) is 0 Å². The Morgan fingerprint density at radius 2 is 0.667 bits per heavy atom. The first-order valence-corrected chi connectivity index (χ1v) is 27.2. The van der Waals surface area contributed by atoms with Gasteiger partial charge in [-0.3, -0.25) is 16.0 Å². The van der Waals surface area contributed by atoms with Gasteiger partial charge in [0.25, 0.3) is 0 Å². The van der Waals surface area contributed by atoms with E-state index in [-0.39, 0.29) is 0 Å². The van der Waals surface area contributed by atoms with Crippen LogP contribution in [0, 0.1) is 88.8 Å². The summed E-state index contributed by atoms with van der Waals surface area (Å²) < 4.78 is 7.61. The maximum absolute atomic E-state index is 7.61. The van der Waals surface area contributed by atoms with Crippen LogP contribution in [0.1, 0.15) is 212 Å². The molecule has 0 aromatic carbocycles. The molecule has 11 rings (SSSR count). The molecule has 2 aliphatic heterocycles. The highest BCUT2D eigenvalue weighted by Crippen LogP contribution is 2.59. The molecule has 0 aromatic rings. The van der Waals surface area contributed by atoms with Gasteiger partial charge in [0.2, 0.25) is 0 Å². The van der Waals surface area contributed by atoms with Crippen LogP contribution in [0.2, 0.25) is 0 Å². The van der Waals surface area contributed by atoms with Gasteiger partial charge < -0.3 is 4.74 Å². The maximum Gasteiger partial charge on any atom is 0.0645 e. The lowest BCUT2D eigenvalue weighted by Crippen LogP contribution is -2.74. The first-order valence-electron chi connectivity index (χ1n) is 27.2. The van der Waals surface area contributed by atoms with Crippen molar-refractivity contribution in [3.63, 3.8) is 0 Å². The average molecular weight is 784 g/mol. The van der Waals surface area contributed by atoms with E-state index in [4.69, 9.17) is 4.74 Å². The maximum atomic E-state index is 7.61. The Hall–Kier alpha value is -0.160. The molecule has 322 valence electrons. The van der Waals surface area contributed by atoms with E-state index in [9.17, 15) is 0 Å². The van der Waals surface area contributed by atoms with Crippen molar-refractivity contribution in [3.05, 3.63) is 0 Å². The van der Waals surface area contributed by atoms with Crippen molar-refractivity contribution in [1.29, 1.82) is 0 Å². The van der Waals surface area contributed by atoms with Crippen LogP contribution in [-0.4, -0.2) is 30.7 Å². The van der Waals surface area contributed by atoms with Crippen LogP contribution in [0.3, 0.4) is 0 Å². The van der Waals surface area contributed by atoms with E-state index in [0.717, 1.165) is 88.8 Å². The van der Waals surface area contributed by atoms with Crippen molar-refractivity contribution in [1.82, 2.24) is 16.0 Å². The molecule has 3 N–H and O–H groups in total. The highest BCUT2D eigenvalue weighted by molar-refractivity contribution is 5.08. The van der Waals surface area contributed by atoms with Gasteiger partial charge in [0, 0.05) is 0 Å². The summed E-state index contributed by atoms with van der Waals surface area (Å²) in [5.41, 5.74) is 0. The normalized spacial score (nSPS) is 50.6. The Kier molecular flexibility index (Phi) is 12.5. The van der Waals surface area contributed by atoms with Crippen LogP contribution in [0.25, 0.3) is 0 Å². The lowest BCUT2D eigenvalue weighted by molar-refractivity contribution is -0.0753. The molecule has 4 nitrogen and oxygen atoms in total. The molecule has 17 atom stereocenters. The number of fused-ring (bicyclic) bond motifs is 5. The second-order valence-corrected chi connectivity index (χ2v) is 24.0. The standard InChI is InChI=1S/C53H89N3O/c1-4-13-34(14-5-1)37-21-12-22-43(30-37)51-54-52(44-26-25-41-29-40(23-24-42(41)31-44)35-15-6-2-7-16-35)56-53(55-51)46-28-27-45(36-17-8-3-9-18-36)50-49(46)47-32-38-19-10-11-20-39(38)33-48(47)57-50/h34-56H,1-33H2. The molecular formula is C53H89N3O. The van der Waals surface area contributed by atoms with Crippen molar-refractivity contribution in [2.24, 2.45) is 88.8 Å². The van der Waals surface area contributed by atoms with E-state index in [1.807, 2.05) is 0 Å². The van der Waals surface area contributed by atoms with Gasteiger partial charge in [-0.2, -0.15) is 0 Å². The lowest BCUT2D eigenvalue weighted by Gasteiger charge is -2.54. The predicted molar refractivity (Wildman–Crippen MR) is 234 cm³/mol. The number of hydrogen-bond acceptors (Lipinski definition) is 4. The molecule has 2 heterocycles. The Labute approximate surface area is 350 Å². The molecule has 4 heteroatoms. The zero-order valence-electron chi connectivity index (χ0n) is 36.8. The third-order valence-electron chi connectivity index (χ3n) is 21.4. The Bertz CT molecular complexity index is 1290. The highest BCUT2D eigenvalue weighted by Gasteiger charge is 2.59.